The average Bonchev–Trinajstić information content (AvgIpc) is 2.22. The van der Waals surface area contributed by atoms with Crippen LogP contribution >= 0.6 is 15.9 Å². The molecule has 0 saturated heterocycles. The van der Waals surface area contributed by atoms with Crippen LogP contribution in [0, 0.1) is 5.92 Å². The Hall–Kier alpha value is -1.03. The van der Waals surface area contributed by atoms with Crippen LogP contribution in [0.2, 0.25) is 0 Å². The summed E-state index contributed by atoms with van der Waals surface area (Å²) in [4.78, 5) is 11.2. The second-order valence-corrected chi connectivity index (χ2v) is 4.80. The molecule has 0 heterocycles. The second kappa shape index (κ2) is 4.87. The molecule has 0 spiro atoms. The van der Waals surface area contributed by atoms with Crippen LogP contribution in [0.1, 0.15) is 12.8 Å². The van der Waals surface area contributed by atoms with Crippen molar-refractivity contribution in [3.8, 4) is 5.75 Å². The number of carbonyl (C=O) groups excluding carboxylic acids is 1. The lowest BCUT2D eigenvalue weighted by Crippen LogP contribution is -2.38. The van der Waals surface area contributed by atoms with E-state index in [2.05, 4.69) is 20.7 Å². The highest BCUT2D eigenvalue weighted by Gasteiger charge is 2.36. The van der Waals surface area contributed by atoms with Crippen molar-refractivity contribution in [2.45, 2.75) is 18.9 Å². The van der Waals surface area contributed by atoms with Gasteiger partial charge in [-0.3, -0.25) is 4.79 Å². The molecule has 0 radical (unpaired) electrons. The molecule has 1 fully saturated rings. The highest BCUT2D eigenvalue weighted by atomic mass is 79.9. The van der Waals surface area contributed by atoms with Gasteiger partial charge in [0.2, 0.25) is 0 Å². The van der Waals surface area contributed by atoms with Crippen molar-refractivity contribution in [2.75, 3.05) is 7.11 Å². The Morgan fingerprint density at radius 1 is 1.44 bits per heavy atom. The first kappa shape index (κ1) is 11.5. The number of carbonyl (C=O) groups is 1. The lowest BCUT2D eigenvalue weighted by atomic mass is 9.82. The number of methoxy groups -OCH3 is 1. The maximum absolute atomic E-state index is 11.2. The molecule has 0 bridgehead atoms. The van der Waals surface area contributed by atoms with Gasteiger partial charge >= 0.3 is 5.97 Å². The Balaban J connectivity index is 1.84. The van der Waals surface area contributed by atoms with Crippen molar-refractivity contribution in [1.29, 1.82) is 0 Å². The standard InChI is InChI=1S/C12H13BrO3/c1-15-12(14)8-5-11(6-8)16-10-4-2-3-9(13)7-10/h2-4,7-8,11H,5-6H2,1H3. The molecule has 0 aromatic heterocycles. The molecule has 0 atom stereocenters. The van der Waals surface area contributed by atoms with Crippen molar-refractivity contribution in [2.24, 2.45) is 5.92 Å². The van der Waals surface area contributed by atoms with Crippen LogP contribution in [-0.2, 0) is 9.53 Å². The van der Waals surface area contributed by atoms with E-state index in [1.807, 2.05) is 24.3 Å². The van der Waals surface area contributed by atoms with Gasteiger partial charge in [0.05, 0.1) is 13.0 Å². The summed E-state index contributed by atoms with van der Waals surface area (Å²) in [5, 5.41) is 0. The van der Waals surface area contributed by atoms with Gasteiger partial charge < -0.3 is 9.47 Å². The van der Waals surface area contributed by atoms with Gasteiger partial charge in [-0.2, -0.15) is 0 Å². The number of halogens is 1. The molecule has 0 amide bonds. The molecule has 0 N–H and O–H groups in total. The van der Waals surface area contributed by atoms with E-state index in [4.69, 9.17) is 4.74 Å². The number of esters is 1. The van der Waals surface area contributed by atoms with Crippen molar-refractivity contribution < 1.29 is 14.3 Å². The molecule has 1 saturated carbocycles. The predicted octanol–water partition coefficient (Wildman–Crippen LogP) is 2.78. The molecule has 1 aliphatic rings. The molecule has 4 heteroatoms. The maximum atomic E-state index is 11.2. The predicted molar refractivity (Wildman–Crippen MR) is 63.3 cm³/mol. The van der Waals surface area contributed by atoms with Crippen LogP contribution in [-0.4, -0.2) is 19.2 Å². The molecule has 1 aromatic rings. The van der Waals surface area contributed by atoms with Crippen LogP contribution in [0.15, 0.2) is 28.7 Å². The summed E-state index contributed by atoms with van der Waals surface area (Å²) in [6.45, 7) is 0. The van der Waals surface area contributed by atoms with Crippen LogP contribution < -0.4 is 4.74 Å². The summed E-state index contributed by atoms with van der Waals surface area (Å²) in [5.41, 5.74) is 0. The molecule has 16 heavy (non-hydrogen) atoms. The number of hydrogen-bond acceptors (Lipinski definition) is 3. The van der Waals surface area contributed by atoms with Crippen molar-refractivity contribution in [3.63, 3.8) is 0 Å². The average molecular weight is 285 g/mol. The van der Waals surface area contributed by atoms with Crippen LogP contribution in [0.5, 0.6) is 5.75 Å². The van der Waals surface area contributed by atoms with Gasteiger partial charge in [-0.15, -0.1) is 0 Å². The summed E-state index contributed by atoms with van der Waals surface area (Å²) in [6, 6.07) is 7.71. The molecular formula is C12H13BrO3. The summed E-state index contributed by atoms with van der Waals surface area (Å²) in [7, 11) is 1.42. The zero-order valence-corrected chi connectivity index (χ0v) is 10.6. The van der Waals surface area contributed by atoms with Gasteiger partial charge in [0.1, 0.15) is 11.9 Å². The first-order chi connectivity index (χ1) is 7.69. The normalized spacial score (nSPS) is 23.4. The molecular weight excluding hydrogens is 272 g/mol. The lowest BCUT2D eigenvalue weighted by molar-refractivity contribution is -0.151. The van der Waals surface area contributed by atoms with Crippen molar-refractivity contribution in [1.82, 2.24) is 0 Å². The van der Waals surface area contributed by atoms with Crippen LogP contribution in [0.25, 0.3) is 0 Å². The third kappa shape index (κ3) is 2.55. The first-order valence-corrected chi connectivity index (χ1v) is 5.98. The summed E-state index contributed by atoms with van der Waals surface area (Å²) in [6.07, 6.45) is 1.64. The minimum Gasteiger partial charge on any atom is -0.490 e. The molecule has 3 nitrogen and oxygen atoms in total. The Morgan fingerprint density at radius 3 is 2.81 bits per heavy atom. The third-order valence-electron chi connectivity index (χ3n) is 2.73. The van der Waals surface area contributed by atoms with E-state index in [1.165, 1.54) is 7.11 Å². The fraction of sp³-hybridized carbons (Fsp3) is 0.417. The fourth-order valence-corrected chi connectivity index (χ4v) is 2.13. The van der Waals surface area contributed by atoms with Crippen LogP contribution in [0.4, 0.5) is 0 Å². The quantitative estimate of drug-likeness (QED) is 0.801. The van der Waals surface area contributed by atoms with Gasteiger partial charge in [0.15, 0.2) is 0 Å². The van der Waals surface area contributed by atoms with Crippen molar-refractivity contribution in [3.05, 3.63) is 28.7 Å². The van der Waals surface area contributed by atoms with E-state index < -0.39 is 0 Å². The monoisotopic (exact) mass is 284 g/mol. The van der Waals surface area contributed by atoms with E-state index in [-0.39, 0.29) is 18.0 Å². The number of ether oxygens (including phenoxy) is 2. The maximum Gasteiger partial charge on any atom is 0.308 e. The molecule has 1 aliphatic carbocycles. The molecule has 1 aromatic carbocycles. The van der Waals surface area contributed by atoms with Gasteiger partial charge in [-0.25, -0.2) is 0 Å². The minimum atomic E-state index is -0.130. The third-order valence-corrected chi connectivity index (χ3v) is 3.22. The van der Waals surface area contributed by atoms with Gasteiger partial charge in [0, 0.05) is 4.47 Å². The molecule has 86 valence electrons. The SMILES string of the molecule is COC(=O)C1CC(Oc2cccc(Br)c2)C1. The number of rotatable bonds is 3. The highest BCUT2D eigenvalue weighted by molar-refractivity contribution is 9.10. The minimum absolute atomic E-state index is 0.0159. The van der Waals surface area contributed by atoms with Crippen molar-refractivity contribution >= 4 is 21.9 Å². The fourth-order valence-electron chi connectivity index (χ4n) is 1.75. The van der Waals surface area contributed by atoms with E-state index in [0.29, 0.717) is 0 Å². The molecule has 0 unspecified atom stereocenters. The zero-order chi connectivity index (χ0) is 11.5. The van der Waals surface area contributed by atoms with E-state index in [0.717, 1.165) is 23.1 Å². The number of hydrogen-bond donors (Lipinski definition) is 0. The van der Waals surface area contributed by atoms with E-state index in [1.54, 1.807) is 0 Å². The Kier molecular flexibility index (Phi) is 3.49. The van der Waals surface area contributed by atoms with Crippen LogP contribution in [0.3, 0.4) is 0 Å². The topological polar surface area (TPSA) is 35.5 Å². The summed E-state index contributed by atoms with van der Waals surface area (Å²) in [5.74, 6) is 0.721. The Bertz CT molecular complexity index is 386. The molecule has 2 rings (SSSR count). The van der Waals surface area contributed by atoms with Gasteiger partial charge in [-0.05, 0) is 31.0 Å². The number of benzene rings is 1. The summed E-state index contributed by atoms with van der Waals surface area (Å²) >= 11 is 3.38. The van der Waals surface area contributed by atoms with Gasteiger partial charge in [0.25, 0.3) is 0 Å². The molecule has 0 aliphatic heterocycles. The van der Waals surface area contributed by atoms with E-state index in [9.17, 15) is 4.79 Å². The highest BCUT2D eigenvalue weighted by Crippen LogP contribution is 2.32. The first-order valence-electron chi connectivity index (χ1n) is 5.19. The van der Waals surface area contributed by atoms with E-state index >= 15 is 0 Å². The summed E-state index contributed by atoms with van der Waals surface area (Å²) < 4.78 is 11.4. The lowest BCUT2D eigenvalue weighted by Gasteiger charge is -2.33. The smallest absolute Gasteiger partial charge is 0.308 e. The second-order valence-electron chi connectivity index (χ2n) is 3.89. The largest absolute Gasteiger partial charge is 0.490 e. The Labute approximate surface area is 103 Å². The zero-order valence-electron chi connectivity index (χ0n) is 8.98. The van der Waals surface area contributed by atoms with Gasteiger partial charge in [-0.1, -0.05) is 22.0 Å². The Morgan fingerprint density at radius 2 is 2.19 bits per heavy atom.